The SMILES string of the molecule is O=C(N[C@@H](Cc1ccccc1)C(=O)Nc1ccc(O)c(Cl)c1)c1ccco1. The maximum absolute atomic E-state index is 12.8. The minimum absolute atomic E-state index is 0.0818. The Hall–Kier alpha value is -3.25. The van der Waals surface area contributed by atoms with Gasteiger partial charge in [-0.05, 0) is 35.9 Å². The lowest BCUT2D eigenvalue weighted by Gasteiger charge is -2.18. The monoisotopic (exact) mass is 384 g/mol. The lowest BCUT2D eigenvalue weighted by molar-refractivity contribution is -0.118. The van der Waals surface area contributed by atoms with Gasteiger partial charge in [0.25, 0.3) is 5.91 Å². The normalized spacial score (nSPS) is 11.6. The molecule has 0 radical (unpaired) electrons. The minimum atomic E-state index is -0.836. The van der Waals surface area contributed by atoms with E-state index in [1.807, 2.05) is 30.3 Å². The number of phenolic OH excluding ortho intramolecular Hbond substituents is 1. The third-order valence-electron chi connectivity index (χ3n) is 3.86. The van der Waals surface area contributed by atoms with Crippen LogP contribution in [0.25, 0.3) is 0 Å². The second-order valence-corrected chi connectivity index (χ2v) is 6.26. The Kier molecular flexibility index (Phi) is 5.78. The summed E-state index contributed by atoms with van der Waals surface area (Å²) in [5.41, 5.74) is 1.30. The van der Waals surface area contributed by atoms with Crippen LogP contribution in [0.1, 0.15) is 16.1 Å². The predicted octanol–water partition coefficient (Wildman–Crippen LogP) is 3.62. The molecule has 0 aliphatic carbocycles. The number of carbonyl (C=O) groups excluding carboxylic acids is 2. The molecule has 3 rings (SSSR count). The Bertz CT molecular complexity index is 926. The van der Waals surface area contributed by atoms with Gasteiger partial charge in [0.05, 0.1) is 11.3 Å². The van der Waals surface area contributed by atoms with Gasteiger partial charge < -0.3 is 20.2 Å². The zero-order valence-corrected chi connectivity index (χ0v) is 14.9. The first-order chi connectivity index (χ1) is 13.0. The average molecular weight is 385 g/mol. The molecule has 0 aliphatic heterocycles. The highest BCUT2D eigenvalue weighted by molar-refractivity contribution is 6.32. The van der Waals surface area contributed by atoms with E-state index in [-0.39, 0.29) is 16.5 Å². The summed E-state index contributed by atoms with van der Waals surface area (Å²) < 4.78 is 5.08. The topological polar surface area (TPSA) is 91.6 Å². The number of aromatic hydroxyl groups is 1. The number of phenols is 1. The minimum Gasteiger partial charge on any atom is -0.506 e. The van der Waals surface area contributed by atoms with Crippen LogP contribution in [-0.4, -0.2) is 23.0 Å². The standard InChI is InChI=1S/C20H17ClN2O4/c21-15-12-14(8-9-17(15)24)22-19(25)16(11-13-5-2-1-3-6-13)23-20(26)18-7-4-10-27-18/h1-10,12,16,24H,11H2,(H,22,25)(H,23,26)/t16-/m0/s1. The number of halogens is 1. The summed E-state index contributed by atoms with van der Waals surface area (Å²) in [6.07, 6.45) is 1.69. The molecule has 1 atom stereocenters. The van der Waals surface area contributed by atoms with Crippen molar-refractivity contribution in [2.75, 3.05) is 5.32 Å². The molecule has 138 valence electrons. The second-order valence-electron chi connectivity index (χ2n) is 5.85. The molecule has 0 saturated carbocycles. The molecule has 0 fully saturated rings. The molecule has 0 spiro atoms. The molecule has 2 aromatic carbocycles. The molecule has 6 nitrogen and oxygen atoms in total. The smallest absolute Gasteiger partial charge is 0.287 e. The highest BCUT2D eigenvalue weighted by atomic mass is 35.5. The van der Waals surface area contributed by atoms with E-state index in [9.17, 15) is 14.7 Å². The first kappa shape index (κ1) is 18.5. The van der Waals surface area contributed by atoms with E-state index in [4.69, 9.17) is 16.0 Å². The van der Waals surface area contributed by atoms with E-state index in [0.717, 1.165) is 5.56 Å². The van der Waals surface area contributed by atoms with Crippen LogP contribution in [0, 0.1) is 0 Å². The largest absolute Gasteiger partial charge is 0.506 e. The van der Waals surface area contributed by atoms with Gasteiger partial charge in [0.2, 0.25) is 5.91 Å². The summed E-state index contributed by atoms with van der Waals surface area (Å²) in [4.78, 5) is 25.1. The Morgan fingerprint density at radius 1 is 1.07 bits per heavy atom. The van der Waals surface area contributed by atoms with Gasteiger partial charge in [0.15, 0.2) is 5.76 Å². The van der Waals surface area contributed by atoms with Crippen LogP contribution >= 0.6 is 11.6 Å². The number of hydrogen-bond acceptors (Lipinski definition) is 4. The van der Waals surface area contributed by atoms with Gasteiger partial charge in [0.1, 0.15) is 11.8 Å². The summed E-state index contributed by atoms with van der Waals surface area (Å²) >= 11 is 5.88. The van der Waals surface area contributed by atoms with Crippen LogP contribution in [0.15, 0.2) is 71.3 Å². The number of carbonyl (C=O) groups is 2. The average Bonchev–Trinajstić information content (AvgIpc) is 3.20. The third kappa shape index (κ3) is 4.89. The molecule has 3 N–H and O–H groups in total. The van der Waals surface area contributed by atoms with Crippen LogP contribution in [0.4, 0.5) is 5.69 Å². The number of rotatable bonds is 6. The van der Waals surface area contributed by atoms with Gasteiger partial charge in [-0.1, -0.05) is 41.9 Å². The fourth-order valence-electron chi connectivity index (χ4n) is 2.51. The molecule has 0 bridgehead atoms. The number of hydrogen-bond donors (Lipinski definition) is 3. The van der Waals surface area contributed by atoms with Gasteiger partial charge in [-0.25, -0.2) is 0 Å². The van der Waals surface area contributed by atoms with Crippen molar-refractivity contribution < 1.29 is 19.1 Å². The Morgan fingerprint density at radius 3 is 2.52 bits per heavy atom. The summed E-state index contributed by atoms with van der Waals surface area (Å²) in [5, 5.41) is 15.0. The van der Waals surface area contributed by atoms with Gasteiger partial charge in [-0.3, -0.25) is 9.59 Å². The number of nitrogens with one attached hydrogen (secondary N) is 2. The highest BCUT2D eigenvalue weighted by Crippen LogP contribution is 2.26. The van der Waals surface area contributed by atoms with E-state index >= 15 is 0 Å². The summed E-state index contributed by atoms with van der Waals surface area (Å²) in [6, 6.07) is 16.0. The fraction of sp³-hybridized carbons (Fsp3) is 0.100. The zero-order chi connectivity index (χ0) is 19.2. The predicted molar refractivity (Wildman–Crippen MR) is 102 cm³/mol. The molecule has 1 heterocycles. The van der Waals surface area contributed by atoms with Gasteiger partial charge in [-0.2, -0.15) is 0 Å². The van der Waals surface area contributed by atoms with E-state index < -0.39 is 17.9 Å². The molecular formula is C20H17ClN2O4. The molecule has 1 aromatic heterocycles. The lowest BCUT2D eigenvalue weighted by Crippen LogP contribution is -2.45. The first-order valence-electron chi connectivity index (χ1n) is 8.20. The third-order valence-corrected chi connectivity index (χ3v) is 4.17. The van der Waals surface area contributed by atoms with Crippen LogP contribution in [0.5, 0.6) is 5.75 Å². The van der Waals surface area contributed by atoms with Gasteiger partial charge >= 0.3 is 0 Å². The Morgan fingerprint density at radius 2 is 1.85 bits per heavy atom. The number of amides is 2. The van der Waals surface area contributed by atoms with Crippen molar-refractivity contribution in [2.24, 2.45) is 0 Å². The van der Waals surface area contributed by atoms with E-state index in [2.05, 4.69) is 10.6 Å². The van der Waals surface area contributed by atoms with E-state index in [1.165, 1.54) is 30.5 Å². The second kappa shape index (κ2) is 8.42. The van der Waals surface area contributed by atoms with Crippen molar-refractivity contribution in [2.45, 2.75) is 12.5 Å². The van der Waals surface area contributed by atoms with Crippen LogP contribution in [-0.2, 0) is 11.2 Å². The number of anilines is 1. The first-order valence-corrected chi connectivity index (χ1v) is 8.58. The zero-order valence-electron chi connectivity index (χ0n) is 14.2. The van der Waals surface area contributed by atoms with Gasteiger partial charge in [-0.15, -0.1) is 0 Å². The lowest BCUT2D eigenvalue weighted by atomic mass is 10.0. The summed E-state index contributed by atoms with van der Waals surface area (Å²) in [6.45, 7) is 0. The molecule has 0 saturated heterocycles. The summed E-state index contributed by atoms with van der Waals surface area (Å²) in [7, 11) is 0. The molecule has 0 unspecified atom stereocenters. The van der Waals surface area contributed by atoms with Crippen LogP contribution < -0.4 is 10.6 Å². The van der Waals surface area contributed by atoms with Crippen molar-refractivity contribution in [3.05, 3.63) is 83.3 Å². The fourth-order valence-corrected chi connectivity index (χ4v) is 2.69. The van der Waals surface area contributed by atoms with Crippen molar-refractivity contribution in [3.8, 4) is 5.75 Å². The Balaban J connectivity index is 1.77. The molecule has 2 amide bonds. The van der Waals surface area contributed by atoms with Crippen molar-refractivity contribution in [3.63, 3.8) is 0 Å². The molecule has 0 aliphatic rings. The quantitative estimate of drug-likeness (QED) is 0.566. The van der Waals surface area contributed by atoms with E-state index in [0.29, 0.717) is 12.1 Å². The molecule has 3 aromatic rings. The van der Waals surface area contributed by atoms with Crippen molar-refractivity contribution >= 4 is 29.1 Å². The molecule has 27 heavy (non-hydrogen) atoms. The maximum atomic E-state index is 12.8. The number of benzene rings is 2. The summed E-state index contributed by atoms with van der Waals surface area (Å²) in [5.74, 6) is -0.865. The molecule has 7 heteroatoms. The van der Waals surface area contributed by atoms with Crippen molar-refractivity contribution in [1.82, 2.24) is 5.32 Å². The number of furan rings is 1. The maximum Gasteiger partial charge on any atom is 0.287 e. The van der Waals surface area contributed by atoms with Crippen LogP contribution in [0.3, 0.4) is 0 Å². The van der Waals surface area contributed by atoms with Crippen molar-refractivity contribution in [1.29, 1.82) is 0 Å². The molecular weight excluding hydrogens is 368 g/mol. The van der Waals surface area contributed by atoms with Crippen LogP contribution in [0.2, 0.25) is 5.02 Å². The van der Waals surface area contributed by atoms with E-state index in [1.54, 1.807) is 6.07 Å². The van der Waals surface area contributed by atoms with Gasteiger partial charge in [0, 0.05) is 12.1 Å². The Labute approximate surface area is 160 Å². The highest BCUT2D eigenvalue weighted by Gasteiger charge is 2.23.